The van der Waals surface area contributed by atoms with Crippen molar-refractivity contribution in [3.8, 4) is 0 Å². The van der Waals surface area contributed by atoms with E-state index in [0.717, 1.165) is 5.56 Å². The number of amides is 1. The second-order valence-corrected chi connectivity index (χ2v) is 4.72. The summed E-state index contributed by atoms with van der Waals surface area (Å²) in [6.45, 7) is 3.54. The standard InChI is InChI=1S/C11H15NO3S/c1-7(2)10(11(14)15)12-9(13)5-8-3-4-16-6-8/h3-4,6-7,10H,5H2,1-2H3,(H,12,13)(H,14,15)/t10-/m1/s1. The molecule has 0 unspecified atom stereocenters. The van der Waals surface area contributed by atoms with E-state index in [2.05, 4.69) is 5.32 Å². The summed E-state index contributed by atoms with van der Waals surface area (Å²) in [7, 11) is 0. The first-order chi connectivity index (χ1) is 7.50. The van der Waals surface area contributed by atoms with Crippen molar-refractivity contribution in [3.63, 3.8) is 0 Å². The minimum atomic E-state index is -0.992. The molecule has 0 saturated carbocycles. The van der Waals surface area contributed by atoms with Gasteiger partial charge < -0.3 is 10.4 Å². The zero-order chi connectivity index (χ0) is 12.1. The van der Waals surface area contributed by atoms with E-state index >= 15 is 0 Å². The van der Waals surface area contributed by atoms with E-state index in [1.54, 1.807) is 13.8 Å². The molecule has 0 fully saturated rings. The third-order valence-electron chi connectivity index (χ3n) is 2.19. The van der Waals surface area contributed by atoms with Crippen molar-refractivity contribution in [3.05, 3.63) is 22.4 Å². The lowest BCUT2D eigenvalue weighted by molar-refractivity contribution is -0.143. The van der Waals surface area contributed by atoms with Gasteiger partial charge in [0.1, 0.15) is 6.04 Å². The van der Waals surface area contributed by atoms with Gasteiger partial charge in [0.05, 0.1) is 6.42 Å². The summed E-state index contributed by atoms with van der Waals surface area (Å²) in [6, 6.07) is 1.04. The van der Waals surface area contributed by atoms with Crippen molar-refractivity contribution in [2.75, 3.05) is 0 Å². The summed E-state index contributed by atoms with van der Waals surface area (Å²) in [4.78, 5) is 22.4. The lowest BCUT2D eigenvalue weighted by Gasteiger charge is -2.17. The Labute approximate surface area is 98.3 Å². The Morgan fingerprint density at radius 3 is 2.62 bits per heavy atom. The maximum atomic E-state index is 11.6. The molecule has 0 bridgehead atoms. The van der Waals surface area contributed by atoms with Crippen molar-refractivity contribution in [2.45, 2.75) is 26.3 Å². The molecule has 0 aliphatic heterocycles. The van der Waals surface area contributed by atoms with Crippen LogP contribution in [0.25, 0.3) is 0 Å². The van der Waals surface area contributed by atoms with Gasteiger partial charge in [-0.15, -0.1) is 0 Å². The number of hydrogen-bond donors (Lipinski definition) is 2. The minimum Gasteiger partial charge on any atom is -0.480 e. The van der Waals surface area contributed by atoms with Gasteiger partial charge >= 0.3 is 5.97 Å². The predicted octanol–water partition coefficient (Wildman–Crippen LogP) is 1.52. The van der Waals surface area contributed by atoms with Crippen LogP contribution in [0.4, 0.5) is 0 Å². The van der Waals surface area contributed by atoms with Gasteiger partial charge in [-0.3, -0.25) is 4.79 Å². The van der Waals surface area contributed by atoms with Crippen molar-refractivity contribution in [1.82, 2.24) is 5.32 Å². The first kappa shape index (κ1) is 12.7. The topological polar surface area (TPSA) is 66.4 Å². The Bertz CT molecular complexity index is 359. The number of thiophene rings is 1. The maximum absolute atomic E-state index is 11.6. The van der Waals surface area contributed by atoms with E-state index in [-0.39, 0.29) is 18.2 Å². The normalized spacial score (nSPS) is 12.4. The lowest BCUT2D eigenvalue weighted by Crippen LogP contribution is -2.44. The van der Waals surface area contributed by atoms with Crippen LogP contribution < -0.4 is 5.32 Å². The predicted molar refractivity (Wildman–Crippen MR) is 62.4 cm³/mol. The third-order valence-corrected chi connectivity index (χ3v) is 2.93. The van der Waals surface area contributed by atoms with E-state index in [1.807, 2.05) is 16.8 Å². The number of hydrogen-bond acceptors (Lipinski definition) is 3. The Kier molecular flexibility index (Phi) is 4.49. The summed E-state index contributed by atoms with van der Waals surface area (Å²) in [5.41, 5.74) is 0.912. The Morgan fingerprint density at radius 1 is 1.50 bits per heavy atom. The number of rotatable bonds is 5. The van der Waals surface area contributed by atoms with Crippen LogP contribution in [0.2, 0.25) is 0 Å². The van der Waals surface area contributed by atoms with Crippen LogP contribution in [0.3, 0.4) is 0 Å². The fourth-order valence-electron chi connectivity index (χ4n) is 1.32. The Hall–Kier alpha value is -1.36. The zero-order valence-electron chi connectivity index (χ0n) is 9.27. The molecule has 0 aromatic carbocycles. The molecule has 0 saturated heterocycles. The van der Waals surface area contributed by atoms with Crippen molar-refractivity contribution < 1.29 is 14.7 Å². The van der Waals surface area contributed by atoms with E-state index in [9.17, 15) is 9.59 Å². The molecule has 5 heteroatoms. The largest absolute Gasteiger partial charge is 0.480 e. The number of aliphatic carboxylic acids is 1. The molecule has 0 aliphatic carbocycles. The summed E-state index contributed by atoms with van der Waals surface area (Å²) < 4.78 is 0. The summed E-state index contributed by atoms with van der Waals surface area (Å²) in [5, 5.41) is 15.2. The summed E-state index contributed by atoms with van der Waals surface area (Å²) in [6.07, 6.45) is 0.236. The zero-order valence-corrected chi connectivity index (χ0v) is 10.1. The number of nitrogens with one attached hydrogen (secondary N) is 1. The number of carbonyl (C=O) groups is 2. The molecule has 1 heterocycles. The highest BCUT2D eigenvalue weighted by atomic mass is 32.1. The molecule has 1 rings (SSSR count). The highest BCUT2D eigenvalue weighted by Crippen LogP contribution is 2.07. The first-order valence-electron chi connectivity index (χ1n) is 5.04. The molecule has 4 nitrogen and oxygen atoms in total. The van der Waals surface area contributed by atoms with Crippen molar-refractivity contribution >= 4 is 23.2 Å². The Morgan fingerprint density at radius 2 is 2.19 bits per heavy atom. The molecular formula is C11H15NO3S. The van der Waals surface area contributed by atoms with Gasteiger partial charge in [0, 0.05) is 0 Å². The van der Waals surface area contributed by atoms with Gasteiger partial charge in [-0.1, -0.05) is 13.8 Å². The molecule has 1 aromatic rings. The van der Waals surface area contributed by atoms with Crippen LogP contribution in [-0.2, 0) is 16.0 Å². The minimum absolute atomic E-state index is 0.121. The van der Waals surface area contributed by atoms with Gasteiger partial charge in [0.2, 0.25) is 5.91 Å². The molecular weight excluding hydrogens is 226 g/mol. The average molecular weight is 241 g/mol. The van der Waals surface area contributed by atoms with Crippen LogP contribution in [-0.4, -0.2) is 23.0 Å². The van der Waals surface area contributed by atoms with Crippen molar-refractivity contribution in [2.24, 2.45) is 5.92 Å². The lowest BCUT2D eigenvalue weighted by atomic mass is 10.0. The molecule has 88 valence electrons. The van der Waals surface area contributed by atoms with Crippen LogP contribution in [0.1, 0.15) is 19.4 Å². The second-order valence-electron chi connectivity index (χ2n) is 3.94. The number of carbonyl (C=O) groups excluding carboxylic acids is 1. The van der Waals surface area contributed by atoms with Crippen LogP contribution in [0.5, 0.6) is 0 Å². The van der Waals surface area contributed by atoms with Gasteiger partial charge in [-0.2, -0.15) is 11.3 Å². The maximum Gasteiger partial charge on any atom is 0.326 e. The van der Waals surface area contributed by atoms with Crippen LogP contribution in [0, 0.1) is 5.92 Å². The molecule has 0 radical (unpaired) electrons. The fraction of sp³-hybridized carbons (Fsp3) is 0.455. The van der Waals surface area contributed by atoms with Gasteiger partial charge in [0.15, 0.2) is 0 Å². The van der Waals surface area contributed by atoms with E-state index < -0.39 is 12.0 Å². The quantitative estimate of drug-likeness (QED) is 0.821. The second kappa shape index (κ2) is 5.65. The van der Waals surface area contributed by atoms with Crippen molar-refractivity contribution in [1.29, 1.82) is 0 Å². The number of carboxylic acids is 1. The average Bonchev–Trinajstić information content (AvgIpc) is 2.65. The summed E-state index contributed by atoms with van der Waals surface area (Å²) >= 11 is 1.52. The monoisotopic (exact) mass is 241 g/mol. The SMILES string of the molecule is CC(C)[C@@H](NC(=O)Cc1ccsc1)C(=O)O. The molecule has 0 spiro atoms. The highest BCUT2D eigenvalue weighted by Gasteiger charge is 2.23. The molecule has 1 atom stereocenters. The molecule has 0 aliphatic rings. The van der Waals surface area contributed by atoms with Crippen LogP contribution in [0.15, 0.2) is 16.8 Å². The van der Waals surface area contributed by atoms with E-state index in [0.29, 0.717) is 0 Å². The van der Waals surface area contributed by atoms with E-state index in [4.69, 9.17) is 5.11 Å². The van der Waals surface area contributed by atoms with Gasteiger partial charge in [-0.25, -0.2) is 4.79 Å². The smallest absolute Gasteiger partial charge is 0.326 e. The molecule has 1 amide bonds. The molecule has 1 aromatic heterocycles. The highest BCUT2D eigenvalue weighted by molar-refractivity contribution is 7.07. The molecule has 2 N–H and O–H groups in total. The fourth-order valence-corrected chi connectivity index (χ4v) is 1.99. The summed E-state index contributed by atoms with van der Waals surface area (Å²) in [5.74, 6) is -1.36. The first-order valence-corrected chi connectivity index (χ1v) is 5.98. The number of carboxylic acid groups (broad SMARTS) is 1. The van der Waals surface area contributed by atoms with Gasteiger partial charge in [-0.05, 0) is 28.3 Å². The van der Waals surface area contributed by atoms with Crippen LogP contribution >= 0.6 is 11.3 Å². The molecule has 16 heavy (non-hydrogen) atoms. The van der Waals surface area contributed by atoms with E-state index in [1.165, 1.54) is 11.3 Å². The third kappa shape index (κ3) is 3.66. The van der Waals surface area contributed by atoms with Gasteiger partial charge in [0.25, 0.3) is 0 Å². The Balaban J connectivity index is 2.52.